The summed E-state index contributed by atoms with van der Waals surface area (Å²) < 4.78 is 30.0. The Hall–Kier alpha value is -3.59. The van der Waals surface area contributed by atoms with E-state index in [1.807, 2.05) is 9.80 Å². The third kappa shape index (κ3) is 4.19. The molecule has 7 nitrogen and oxygen atoms in total. The first-order valence-electron chi connectivity index (χ1n) is 11.2. The number of pyridine rings is 1. The van der Waals surface area contributed by atoms with Gasteiger partial charge in [-0.3, -0.25) is 14.5 Å². The first-order valence-corrected chi connectivity index (χ1v) is 11.2. The molecule has 2 heterocycles. The minimum absolute atomic E-state index is 0.0663. The van der Waals surface area contributed by atoms with Gasteiger partial charge in [0.25, 0.3) is 0 Å². The third-order valence-corrected chi connectivity index (χ3v) is 6.52. The van der Waals surface area contributed by atoms with Gasteiger partial charge in [0.05, 0.1) is 17.7 Å². The summed E-state index contributed by atoms with van der Waals surface area (Å²) in [7, 11) is 0. The molecule has 0 spiro atoms. The van der Waals surface area contributed by atoms with Crippen LogP contribution in [0.3, 0.4) is 0 Å². The van der Waals surface area contributed by atoms with Gasteiger partial charge in [0.2, 0.25) is 5.43 Å². The van der Waals surface area contributed by atoms with Gasteiger partial charge in [-0.2, -0.15) is 0 Å². The maximum Gasteiger partial charge on any atom is 0.341 e. The first kappa shape index (κ1) is 22.2. The Kier molecular flexibility index (Phi) is 5.65. The fourth-order valence-corrected chi connectivity index (χ4v) is 4.49. The molecule has 34 heavy (non-hydrogen) atoms. The molecule has 0 amide bonds. The fourth-order valence-electron chi connectivity index (χ4n) is 4.49. The number of carboxylic acid groups (broad SMARTS) is 1. The predicted octanol–water partition coefficient (Wildman–Crippen LogP) is 3.32. The van der Waals surface area contributed by atoms with Crippen LogP contribution in [0.25, 0.3) is 10.9 Å². The van der Waals surface area contributed by atoms with Crippen molar-refractivity contribution in [3.63, 3.8) is 0 Å². The highest BCUT2D eigenvalue weighted by Crippen LogP contribution is 2.38. The van der Waals surface area contributed by atoms with Gasteiger partial charge < -0.3 is 14.6 Å². The second-order valence-electron chi connectivity index (χ2n) is 8.83. The van der Waals surface area contributed by atoms with Crippen molar-refractivity contribution in [3.05, 3.63) is 75.6 Å². The molecule has 0 radical (unpaired) electrons. The third-order valence-electron chi connectivity index (χ3n) is 6.52. The van der Waals surface area contributed by atoms with Crippen LogP contribution in [0.1, 0.15) is 39.6 Å². The zero-order chi connectivity index (χ0) is 24.0. The zero-order valence-corrected chi connectivity index (χ0v) is 18.3. The van der Waals surface area contributed by atoms with Crippen molar-refractivity contribution in [1.29, 1.82) is 0 Å². The van der Waals surface area contributed by atoms with Gasteiger partial charge in [0, 0.05) is 49.4 Å². The molecule has 1 aliphatic carbocycles. The minimum Gasteiger partial charge on any atom is -0.477 e. The van der Waals surface area contributed by atoms with E-state index in [0.29, 0.717) is 42.9 Å². The number of nitrogens with zero attached hydrogens (tertiary/aromatic N) is 3. The molecule has 3 aromatic rings. The number of fused-ring (bicyclic) bond motifs is 1. The van der Waals surface area contributed by atoms with Crippen LogP contribution < -0.4 is 10.3 Å². The Morgan fingerprint density at radius 1 is 1.00 bits per heavy atom. The molecule has 5 rings (SSSR count). The molecule has 2 aromatic carbocycles. The number of carbonyl (C=O) groups excluding carboxylic acids is 1. The van der Waals surface area contributed by atoms with Crippen molar-refractivity contribution in [2.75, 3.05) is 37.6 Å². The van der Waals surface area contributed by atoms with Crippen molar-refractivity contribution in [2.45, 2.75) is 18.9 Å². The zero-order valence-electron chi connectivity index (χ0n) is 18.3. The smallest absolute Gasteiger partial charge is 0.341 e. The molecule has 2 fully saturated rings. The molecule has 176 valence electrons. The quantitative estimate of drug-likeness (QED) is 0.562. The number of anilines is 1. The maximum absolute atomic E-state index is 15.1. The van der Waals surface area contributed by atoms with Crippen LogP contribution in [-0.4, -0.2) is 59.0 Å². The normalized spacial score (nSPS) is 16.7. The highest BCUT2D eigenvalue weighted by atomic mass is 19.1. The van der Waals surface area contributed by atoms with E-state index in [1.54, 1.807) is 10.6 Å². The molecule has 9 heteroatoms. The Bertz CT molecular complexity index is 1340. The fraction of sp³-hybridized carbons (Fsp3) is 0.320. The number of hydrogen-bond acceptors (Lipinski definition) is 5. The molecular formula is C25H23F2N3O4. The molecule has 1 N–H and O–H groups in total. The maximum atomic E-state index is 15.1. The number of aromatic carboxylic acids is 1. The topological polar surface area (TPSA) is 82.8 Å². The second-order valence-corrected chi connectivity index (χ2v) is 8.83. The number of hydrogen-bond donors (Lipinski definition) is 1. The Morgan fingerprint density at radius 3 is 2.29 bits per heavy atom. The van der Waals surface area contributed by atoms with E-state index in [9.17, 15) is 23.9 Å². The average Bonchev–Trinajstić information content (AvgIpc) is 3.65. The molecule has 1 aliphatic heterocycles. The lowest BCUT2D eigenvalue weighted by atomic mass is 10.1. The Morgan fingerprint density at radius 2 is 1.68 bits per heavy atom. The molecule has 1 saturated carbocycles. The molecule has 0 bridgehead atoms. The van der Waals surface area contributed by atoms with E-state index in [-0.39, 0.29) is 29.3 Å². The van der Waals surface area contributed by atoms with Gasteiger partial charge in [-0.1, -0.05) is 0 Å². The average molecular weight is 466 g/mol. The number of carboxylic acids is 1. The van der Waals surface area contributed by atoms with Crippen LogP contribution in [0.15, 0.2) is 47.4 Å². The molecule has 2 aliphatic rings. The minimum atomic E-state index is -1.32. The van der Waals surface area contributed by atoms with Crippen LogP contribution in [0, 0.1) is 11.6 Å². The van der Waals surface area contributed by atoms with Crippen molar-refractivity contribution in [3.8, 4) is 0 Å². The van der Waals surface area contributed by atoms with Crippen LogP contribution >= 0.6 is 0 Å². The number of Topliss-reactive ketones (excluding diaryl/α,β-unsaturated/α-hetero) is 1. The summed E-state index contributed by atoms with van der Waals surface area (Å²) in [5.41, 5.74) is 0.292. The van der Waals surface area contributed by atoms with Crippen LogP contribution in [0.4, 0.5) is 14.5 Å². The summed E-state index contributed by atoms with van der Waals surface area (Å²) >= 11 is 0. The SMILES string of the molecule is O=C(CN1CCN(c2cc3c(cc2F)c(=O)c(C(=O)O)cn3C2CC2)CC1)c1ccc([18F])cc1. The van der Waals surface area contributed by atoms with Gasteiger partial charge in [-0.25, -0.2) is 13.6 Å². The molecule has 1 aromatic heterocycles. The number of benzene rings is 2. The lowest BCUT2D eigenvalue weighted by molar-refractivity contribution is 0.0694. The highest BCUT2D eigenvalue weighted by Gasteiger charge is 2.28. The van der Waals surface area contributed by atoms with Crippen molar-refractivity contribution in [1.82, 2.24) is 9.47 Å². The highest BCUT2D eigenvalue weighted by molar-refractivity contribution is 5.97. The van der Waals surface area contributed by atoms with E-state index in [4.69, 9.17) is 0 Å². The number of ketones is 1. The molecular weight excluding hydrogens is 443 g/mol. The summed E-state index contributed by atoms with van der Waals surface area (Å²) in [5, 5.41) is 9.46. The van der Waals surface area contributed by atoms with Crippen LogP contribution in [-0.2, 0) is 0 Å². The molecule has 0 atom stereocenters. The van der Waals surface area contributed by atoms with E-state index < -0.39 is 23.0 Å². The van der Waals surface area contributed by atoms with Crippen LogP contribution in [0.2, 0.25) is 0 Å². The second kappa shape index (κ2) is 8.64. The lowest BCUT2D eigenvalue weighted by Crippen LogP contribution is -2.48. The number of piperazine rings is 1. The summed E-state index contributed by atoms with van der Waals surface area (Å²) in [6, 6.07) is 8.33. The van der Waals surface area contributed by atoms with Gasteiger partial charge in [0.1, 0.15) is 17.2 Å². The van der Waals surface area contributed by atoms with E-state index in [0.717, 1.165) is 18.9 Å². The van der Waals surface area contributed by atoms with E-state index in [1.165, 1.54) is 30.5 Å². The van der Waals surface area contributed by atoms with E-state index in [2.05, 4.69) is 0 Å². The van der Waals surface area contributed by atoms with Gasteiger partial charge in [-0.05, 0) is 49.2 Å². The molecule has 1 saturated heterocycles. The number of rotatable bonds is 6. The lowest BCUT2D eigenvalue weighted by Gasteiger charge is -2.36. The van der Waals surface area contributed by atoms with Gasteiger partial charge in [0.15, 0.2) is 5.78 Å². The van der Waals surface area contributed by atoms with Crippen LogP contribution in [0.5, 0.6) is 0 Å². The summed E-state index contributed by atoms with van der Waals surface area (Å²) in [4.78, 5) is 40.5. The van der Waals surface area contributed by atoms with Crippen molar-refractivity contribution in [2.24, 2.45) is 0 Å². The number of halogens is 2. The summed E-state index contributed by atoms with van der Waals surface area (Å²) in [6.45, 7) is 2.24. The summed E-state index contributed by atoms with van der Waals surface area (Å²) in [6.07, 6.45) is 3.13. The van der Waals surface area contributed by atoms with Gasteiger partial charge in [-0.15, -0.1) is 0 Å². The Balaban J connectivity index is 1.36. The first-order chi connectivity index (χ1) is 16.3. The van der Waals surface area contributed by atoms with Gasteiger partial charge >= 0.3 is 5.97 Å². The van der Waals surface area contributed by atoms with E-state index >= 15 is 4.39 Å². The summed E-state index contributed by atoms with van der Waals surface area (Å²) in [5.74, 6) is -2.40. The van der Waals surface area contributed by atoms with Crippen molar-refractivity contribution < 1.29 is 23.5 Å². The Labute approximate surface area is 193 Å². The predicted molar refractivity (Wildman–Crippen MR) is 123 cm³/mol. The number of aromatic nitrogens is 1. The van der Waals surface area contributed by atoms with Crippen molar-refractivity contribution >= 4 is 28.3 Å². The standard InChI is InChI=1S/C25H23F2N3O4/c26-16-3-1-15(2-4-16)23(31)14-28-7-9-29(10-8-28)22-12-21-18(11-20(22)27)24(32)19(25(33)34)13-30(21)17-5-6-17/h1-4,11-13,17H,5-10,14H2,(H,33,34)/i26-1. The number of carbonyl (C=O) groups is 2. The molecule has 0 unspecified atom stereocenters. The largest absolute Gasteiger partial charge is 0.477 e. The monoisotopic (exact) mass is 466 g/mol.